The average molecular weight is 481 g/mol. The molecule has 2 fully saturated rings. The van der Waals surface area contributed by atoms with Gasteiger partial charge in [0.05, 0.1) is 38.3 Å². The highest BCUT2D eigenvalue weighted by molar-refractivity contribution is 5.84. The molecule has 0 aromatic heterocycles. The molecule has 5 rings (SSSR count). The van der Waals surface area contributed by atoms with Crippen molar-refractivity contribution in [1.29, 1.82) is 0 Å². The van der Waals surface area contributed by atoms with Crippen molar-refractivity contribution in [3.63, 3.8) is 0 Å². The van der Waals surface area contributed by atoms with Gasteiger partial charge in [0.25, 0.3) is 0 Å². The van der Waals surface area contributed by atoms with Gasteiger partial charge in [-0.25, -0.2) is 9.59 Å². The Balaban J connectivity index is 1.21. The van der Waals surface area contributed by atoms with Crippen molar-refractivity contribution in [2.24, 2.45) is 5.92 Å². The van der Waals surface area contributed by atoms with Gasteiger partial charge in [-0.05, 0) is 29.2 Å². The monoisotopic (exact) mass is 480 g/mol. The highest BCUT2D eigenvalue weighted by Gasteiger charge is 2.45. The Bertz CT molecular complexity index is 1110. The fourth-order valence-corrected chi connectivity index (χ4v) is 5.15. The number of carbonyl (C=O) groups is 3. The Labute approximate surface area is 203 Å². The van der Waals surface area contributed by atoms with Gasteiger partial charge in [-0.1, -0.05) is 48.5 Å². The molecular weight excluding hydrogens is 452 g/mol. The third kappa shape index (κ3) is 4.37. The molecular formula is C26H28N2O7. The van der Waals surface area contributed by atoms with Crippen LogP contribution in [-0.4, -0.2) is 79.1 Å². The van der Waals surface area contributed by atoms with Gasteiger partial charge < -0.3 is 29.5 Å². The first-order valence-electron chi connectivity index (χ1n) is 11.7. The highest BCUT2D eigenvalue weighted by atomic mass is 16.6. The zero-order valence-corrected chi connectivity index (χ0v) is 19.4. The molecule has 2 aromatic rings. The number of nitrogens with zero attached hydrogens (tertiary/aromatic N) is 1. The Hall–Kier alpha value is -3.43. The normalized spacial score (nSPS) is 25.6. The van der Waals surface area contributed by atoms with Crippen LogP contribution in [0.5, 0.6) is 0 Å². The Morgan fingerprint density at radius 3 is 2.40 bits per heavy atom. The summed E-state index contributed by atoms with van der Waals surface area (Å²) in [5.41, 5.74) is 3.07. The van der Waals surface area contributed by atoms with Gasteiger partial charge in [-0.2, -0.15) is 0 Å². The maximum Gasteiger partial charge on any atom is 0.407 e. The number of carboxylic acid groups (broad SMARTS) is 1. The zero-order valence-electron chi connectivity index (χ0n) is 19.4. The molecule has 2 amide bonds. The molecule has 9 heteroatoms. The Kier molecular flexibility index (Phi) is 6.21. The molecule has 1 aliphatic carbocycles. The smallest absolute Gasteiger partial charge is 0.407 e. The number of amides is 2. The topological polar surface area (TPSA) is 114 Å². The first-order valence-corrected chi connectivity index (χ1v) is 11.7. The van der Waals surface area contributed by atoms with Crippen LogP contribution in [0.3, 0.4) is 0 Å². The molecule has 35 heavy (non-hydrogen) atoms. The number of carboxylic acids is 1. The van der Waals surface area contributed by atoms with Crippen LogP contribution >= 0.6 is 0 Å². The van der Waals surface area contributed by atoms with E-state index in [0.29, 0.717) is 0 Å². The summed E-state index contributed by atoms with van der Waals surface area (Å²) in [6, 6.07) is 15.6. The minimum atomic E-state index is -1.46. The molecule has 0 saturated carbocycles. The van der Waals surface area contributed by atoms with Crippen molar-refractivity contribution in [2.75, 3.05) is 39.5 Å². The molecule has 9 nitrogen and oxygen atoms in total. The first-order chi connectivity index (χ1) is 16.9. The summed E-state index contributed by atoms with van der Waals surface area (Å²) in [5.74, 6) is -2.06. The molecule has 0 bridgehead atoms. The van der Waals surface area contributed by atoms with Crippen molar-refractivity contribution < 1.29 is 33.7 Å². The number of morpholine rings is 1. The standard InChI is InChI=1S/C26H28N2O7/c1-26(24(30)31)15-28(10-11-35-26)23(29)21-12-33-14-22(21)27-25(32)34-13-20-18-8-4-2-6-16(18)17-7-3-5-9-19(17)20/h2-9,20-22H,10-15H2,1H3,(H,27,32)(H,30,31). The Morgan fingerprint density at radius 2 is 1.74 bits per heavy atom. The number of hydrogen-bond donors (Lipinski definition) is 2. The number of carbonyl (C=O) groups excluding carboxylic acids is 2. The number of aliphatic carboxylic acids is 1. The largest absolute Gasteiger partial charge is 0.479 e. The molecule has 184 valence electrons. The summed E-state index contributed by atoms with van der Waals surface area (Å²) < 4.78 is 16.5. The van der Waals surface area contributed by atoms with E-state index >= 15 is 0 Å². The van der Waals surface area contributed by atoms with Crippen molar-refractivity contribution in [3.05, 3.63) is 59.7 Å². The number of ether oxygens (including phenoxy) is 3. The van der Waals surface area contributed by atoms with E-state index < -0.39 is 29.6 Å². The van der Waals surface area contributed by atoms with Crippen LogP contribution in [0, 0.1) is 5.92 Å². The van der Waals surface area contributed by atoms with Crippen LogP contribution in [0.15, 0.2) is 48.5 Å². The molecule has 2 saturated heterocycles. The van der Waals surface area contributed by atoms with Crippen LogP contribution in [0.1, 0.15) is 24.0 Å². The number of rotatable bonds is 5. The molecule has 0 radical (unpaired) electrons. The third-order valence-electron chi connectivity index (χ3n) is 7.08. The lowest BCUT2D eigenvalue weighted by Gasteiger charge is -2.39. The number of benzene rings is 2. The minimum absolute atomic E-state index is 0.0602. The van der Waals surface area contributed by atoms with Gasteiger partial charge in [0.1, 0.15) is 6.61 Å². The van der Waals surface area contributed by atoms with E-state index in [1.54, 1.807) is 0 Å². The van der Waals surface area contributed by atoms with Gasteiger partial charge in [0, 0.05) is 12.5 Å². The van der Waals surface area contributed by atoms with Gasteiger partial charge in [-0.3, -0.25) is 4.79 Å². The molecule has 3 unspecified atom stereocenters. The molecule has 2 N–H and O–H groups in total. The first kappa shape index (κ1) is 23.3. The highest BCUT2D eigenvalue weighted by Crippen LogP contribution is 2.44. The molecule has 2 aliphatic heterocycles. The van der Waals surface area contributed by atoms with E-state index in [4.69, 9.17) is 14.2 Å². The van der Waals surface area contributed by atoms with Gasteiger partial charge in [-0.15, -0.1) is 0 Å². The van der Waals surface area contributed by atoms with E-state index in [9.17, 15) is 19.5 Å². The zero-order chi connectivity index (χ0) is 24.6. The summed E-state index contributed by atoms with van der Waals surface area (Å²) in [4.78, 5) is 38.9. The van der Waals surface area contributed by atoms with E-state index in [-0.39, 0.29) is 51.3 Å². The minimum Gasteiger partial charge on any atom is -0.479 e. The second-order valence-corrected chi connectivity index (χ2v) is 9.36. The SMILES string of the molecule is CC1(C(=O)O)CN(C(=O)C2COCC2NC(=O)OCC2c3ccccc3-c3ccccc32)CCO1. The third-order valence-corrected chi connectivity index (χ3v) is 7.08. The number of fused-ring (bicyclic) bond motifs is 3. The van der Waals surface area contributed by atoms with Gasteiger partial charge >= 0.3 is 12.1 Å². The number of nitrogens with one attached hydrogen (secondary N) is 1. The van der Waals surface area contributed by atoms with Crippen molar-refractivity contribution in [3.8, 4) is 11.1 Å². The van der Waals surface area contributed by atoms with Gasteiger partial charge in [0.2, 0.25) is 5.91 Å². The summed E-state index contributed by atoms with van der Waals surface area (Å²) >= 11 is 0. The lowest BCUT2D eigenvalue weighted by molar-refractivity contribution is -0.178. The molecule has 2 heterocycles. The van der Waals surface area contributed by atoms with E-state index in [0.717, 1.165) is 22.3 Å². The lowest BCUT2D eigenvalue weighted by atomic mass is 9.98. The van der Waals surface area contributed by atoms with E-state index in [1.165, 1.54) is 11.8 Å². The number of alkyl carbamates (subject to hydrolysis) is 1. The molecule has 2 aromatic carbocycles. The van der Waals surface area contributed by atoms with Crippen molar-refractivity contribution in [1.82, 2.24) is 10.2 Å². The summed E-state index contributed by atoms with van der Waals surface area (Å²) in [7, 11) is 0. The lowest BCUT2D eigenvalue weighted by Crippen LogP contribution is -2.58. The van der Waals surface area contributed by atoms with Crippen LogP contribution in [0.2, 0.25) is 0 Å². The quantitative estimate of drug-likeness (QED) is 0.675. The molecule has 3 atom stereocenters. The summed E-state index contributed by atoms with van der Waals surface area (Å²) in [5, 5.41) is 12.2. The molecule has 3 aliphatic rings. The van der Waals surface area contributed by atoms with Crippen LogP contribution in [-0.2, 0) is 23.8 Å². The number of hydrogen-bond acceptors (Lipinski definition) is 6. The summed E-state index contributed by atoms with van der Waals surface area (Å²) in [6.45, 7) is 2.31. The van der Waals surface area contributed by atoms with Crippen LogP contribution < -0.4 is 5.32 Å². The second kappa shape index (κ2) is 9.31. The van der Waals surface area contributed by atoms with E-state index in [1.807, 2.05) is 36.4 Å². The van der Waals surface area contributed by atoms with Crippen molar-refractivity contribution in [2.45, 2.75) is 24.5 Å². The maximum atomic E-state index is 13.1. The average Bonchev–Trinajstić information content (AvgIpc) is 3.44. The van der Waals surface area contributed by atoms with E-state index in [2.05, 4.69) is 17.4 Å². The van der Waals surface area contributed by atoms with Crippen molar-refractivity contribution >= 4 is 18.0 Å². The van der Waals surface area contributed by atoms with Crippen LogP contribution in [0.25, 0.3) is 11.1 Å². The fraction of sp³-hybridized carbons (Fsp3) is 0.423. The maximum absolute atomic E-state index is 13.1. The predicted octanol–water partition coefficient (Wildman–Crippen LogP) is 2.24. The fourth-order valence-electron chi connectivity index (χ4n) is 5.15. The van der Waals surface area contributed by atoms with Gasteiger partial charge in [0.15, 0.2) is 5.60 Å². The Morgan fingerprint density at radius 1 is 1.09 bits per heavy atom. The predicted molar refractivity (Wildman–Crippen MR) is 125 cm³/mol. The second-order valence-electron chi connectivity index (χ2n) is 9.36. The molecule has 0 spiro atoms. The summed E-state index contributed by atoms with van der Waals surface area (Å²) in [6.07, 6.45) is -0.613. The van der Waals surface area contributed by atoms with Crippen LogP contribution in [0.4, 0.5) is 4.79 Å².